The van der Waals surface area contributed by atoms with E-state index >= 15 is 0 Å². The number of carboxylic acids is 1. The Labute approximate surface area is 130 Å². The van der Waals surface area contributed by atoms with E-state index in [-0.39, 0.29) is 11.3 Å². The summed E-state index contributed by atoms with van der Waals surface area (Å²) in [7, 11) is 0. The minimum absolute atomic E-state index is 0.252. The number of carboxylic acid groups (broad SMARTS) is 1. The van der Waals surface area contributed by atoms with Gasteiger partial charge in [-0.25, -0.2) is 4.98 Å². The van der Waals surface area contributed by atoms with Crippen molar-refractivity contribution in [2.24, 2.45) is 5.92 Å². The summed E-state index contributed by atoms with van der Waals surface area (Å²) in [4.78, 5) is 15.9. The van der Waals surface area contributed by atoms with Gasteiger partial charge in [0, 0.05) is 18.4 Å². The summed E-state index contributed by atoms with van der Waals surface area (Å²) in [5.41, 5.74) is 0.869. The van der Waals surface area contributed by atoms with Crippen LogP contribution >= 0.6 is 0 Å². The maximum absolute atomic E-state index is 11.4. The lowest BCUT2D eigenvalue weighted by Gasteiger charge is -2.17. The highest BCUT2D eigenvalue weighted by molar-refractivity contribution is 5.77. The van der Waals surface area contributed by atoms with Gasteiger partial charge < -0.3 is 5.11 Å². The number of hydrogen-bond donors (Lipinski definition) is 1. The quantitative estimate of drug-likeness (QED) is 0.890. The molecular formula is C17H21N3O2. The highest BCUT2D eigenvalue weighted by Crippen LogP contribution is 2.57. The van der Waals surface area contributed by atoms with Gasteiger partial charge in [-0.15, -0.1) is 0 Å². The first kappa shape index (κ1) is 14.8. The van der Waals surface area contributed by atoms with Crippen LogP contribution in [0, 0.1) is 12.8 Å². The summed E-state index contributed by atoms with van der Waals surface area (Å²) in [5.74, 6) is 0.752. The monoisotopic (exact) mass is 299 g/mol. The fourth-order valence-corrected chi connectivity index (χ4v) is 3.28. The summed E-state index contributed by atoms with van der Waals surface area (Å²) >= 11 is 0. The molecule has 1 fully saturated rings. The van der Waals surface area contributed by atoms with Gasteiger partial charge in [-0.05, 0) is 25.3 Å². The Balaban J connectivity index is 1.81. The van der Waals surface area contributed by atoms with Crippen LogP contribution in [-0.2, 0) is 23.2 Å². The maximum Gasteiger partial charge on any atom is 0.307 e. The van der Waals surface area contributed by atoms with E-state index in [4.69, 9.17) is 0 Å². The number of carbonyl (C=O) groups is 1. The molecule has 5 heteroatoms. The van der Waals surface area contributed by atoms with Gasteiger partial charge in [0.25, 0.3) is 0 Å². The van der Waals surface area contributed by atoms with E-state index < -0.39 is 5.97 Å². The molecule has 1 N–H and O–H groups in total. The van der Waals surface area contributed by atoms with E-state index in [2.05, 4.69) is 10.1 Å². The van der Waals surface area contributed by atoms with E-state index in [1.807, 2.05) is 48.9 Å². The molecule has 1 saturated carbocycles. The molecule has 0 unspecified atom stereocenters. The summed E-state index contributed by atoms with van der Waals surface area (Å²) in [6.07, 6.45) is 2.30. The highest BCUT2D eigenvalue weighted by Gasteiger charge is 2.59. The normalized spacial score (nSPS) is 23.5. The molecule has 0 amide bonds. The molecule has 0 saturated heterocycles. The van der Waals surface area contributed by atoms with Crippen LogP contribution in [0.5, 0.6) is 0 Å². The third kappa shape index (κ3) is 2.51. The van der Waals surface area contributed by atoms with Crippen molar-refractivity contribution in [3.05, 3.63) is 47.5 Å². The van der Waals surface area contributed by atoms with E-state index in [1.165, 1.54) is 0 Å². The van der Waals surface area contributed by atoms with Crippen molar-refractivity contribution in [1.29, 1.82) is 0 Å². The van der Waals surface area contributed by atoms with Gasteiger partial charge in [0.15, 0.2) is 5.82 Å². The van der Waals surface area contributed by atoms with Gasteiger partial charge in [0.05, 0.1) is 5.92 Å². The zero-order chi connectivity index (χ0) is 15.7. The highest BCUT2D eigenvalue weighted by atomic mass is 16.4. The smallest absolute Gasteiger partial charge is 0.307 e. The Hall–Kier alpha value is -2.17. The largest absolute Gasteiger partial charge is 0.481 e. The van der Waals surface area contributed by atoms with Crippen molar-refractivity contribution >= 4 is 5.97 Å². The van der Waals surface area contributed by atoms with Crippen LogP contribution in [0.2, 0.25) is 0 Å². The van der Waals surface area contributed by atoms with Crippen molar-refractivity contribution in [2.75, 3.05) is 0 Å². The Morgan fingerprint density at radius 3 is 2.68 bits per heavy atom. The maximum atomic E-state index is 11.4. The Morgan fingerprint density at radius 2 is 2.14 bits per heavy atom. The molecule has 2 aromatic rings. The van der Waals surface area contributed by atoms with Gasteiger partial charge in [0.1, 0.15) is 5.82 Å². The Morgan fingerprint density at radius 1 is 1.41 bits per heavy atom. The number of hydrogen-bond acceptors (Lipinski definition) is 3. The predicted octanol–water partition coefficient (Wildman–Crippen LogP) is 2.58. The molecule has 2 atom stereocenters. The molecule has 0 spiro atoms. The minimum Gasteiger partial charge on any atom is -0.481 e. The second-order valence-electron chi connectivity index (χ2n) is 6.02. The summed E-state index contributed by atoms with van der Waals surface area (Å²) in [6, 6.07) is 9.99. The van der Waals surface area contributed by atoms with Crippen molar-refractivity contribution < 1.29 is 9.90 Å². The Bertz CT molecular complexity index is 680. The van der Waals surface area contributed by atoms with E-state index in [0.29, 0.717) is 13.0 Å². The average Bonchev–Trinajstić information content (AvgIpc) is 3.17. The number of aliphatic carboxylic acids is 1. The third-order valence-corrected chi connectivity index (χ3v) is 4.71. The fraction of sp³-hybridized carbons (Fsp3) is 0.471. The standard InChI is InChI=1S/C17H21N3O2/c1-3-15-18-12(2)20(19-15)10-9-17(11-14(17)16(21)22)13-7-5-4-6-8-13/h4-8,14H,3,9-11H2,1-2H3,(H,21,22)/t14-,17-/m0/s1. The van der Waals surface area contributed by atoms with Crippen LogP contribution in [0.15, 0.2) is 30.3 Å². The summed E-state index contributed by atoms with van der Waals surface area (Å²) in [6.45, 7) is 4.69. The third-order valence-electron chi connectivity index (χ3n) is 4.71. The van der Waals surface area contributed by atoms with Gasteiger partial charge in [-0.3, -0.25) is 9.48 Å². The molecule has 0 bridgehead atoms. The molecular weight excluding hydrogens is 278 g/mol. The number of rotatable bonds is 6. The molecule has 0 radical (unpaired) electrons. The first-order valence-corrected chi connectivity index (χ1v) is 7.75. The molecule has 1 aromatic heterocycles. The van der Waals surface area contributed by atoms with Gasteiger partial charge in [-0.1, -0.05) is 37.3 Å². The lowest BCUT2D eigenvalue weighted by Crippen LogP contribution is -2.18. The van der Waals surface area contributed by atoms with Gasteiger partial charge >= 0.3 is 5.97 Å². The molecule has 1 aliphatic rings. The number of aryl methyl sites for hydroxylation is 3. The summed E-state index contributed by atoms with van der Waals surface area (Å²) in [5, 5.41) is 13.9. The van der Waals surface area contributed by atoms with E-state index in [9.17, 15) is 9.90 Å². The predicted molar refractivity (Wildman–Crippen MR) is 82.6 cm³/mol. The number of aromatic nitrogens is 3. The second-order valence-corrected chi connectivity index (χ2v) is 6.02. The molecule has 3 rings (SSSR count). The van der Waals surface area contributed by atoms with Crippen LogP contribution in [0.1, 0.15) is 37.0 Å². The molecule has 0 aliphatic heterocycles. The van der Waals surface area contributed by atoms with Crippen LogP contribution in [-0.4, -0.2) is 25.8 Å². The van der Waals surface area contributed by atoms with Crippen molar-refractivity contribution in [3.8, 4) is 0 Å². The summed E-state index contributed by atoms with van der Waals surface area (Å²) < 4.78 is 1.90. The number of benzene rings is 1. The molecule has 22 heavy (non-hydrogen) atoms. The minimum atomic E-state index is -0.701. The molecule has 5 nitrogen and oxygen atoms in total. The molecule has 1 aliphatic carbocycles. The molecule has 1 aromatic carbocycles. The van der Waals surface area contributed by atoms with Gasteiger partial charge in [-0.2, -0.15) is 5.10 Å². The molecule has 116 valence electrons. The average molecular weight is 299 g/mol. The van der Waals surface area contributed by atoms with Gasteiger partial charge in [0.2, 0.25) is 0 Å². The lowest BCUT2D eigenvalue weighted by atomic mass is 9.89. The Kier molecular flexibility index (Phi) is 3.72. The lowest BCUT2D eigenvalue weighted by molar-refractivity contribution is -0.139. The fourth-order valence-electron chi connectivity index (χ4n) is 3.28. The first-order chi connectivity index (χ1) is 10.6. The SMILES string of the molecule is CCc1nc(C)n(CC[C@@]2(c3ccccc3)C[C@H]2C(=O)O)n1. The van der Waals surface area contributed by atoms with Crippen LogP contribution < -0.4 is 0 Å². The second kappa shape index (κ2) is 5.55. The van der Waals surface area contributed by atoms with Crippen LogP contribution in [0.3, 0.4) is 0 Å². The van der Waals surface area contributed by atoms with Crippen molar-refractivity contribution in [3.63, 3.8) is 0 Å². The van der Waals surface area contributed by atoms with E-state index in [0.717, 1.165) is 30.1 Å². The zero-order valence-electron chi connectivity index (χ0n) is 13.0. The van der Waals surface area contributed by atoms with Crippen LogP contribution in [0.25, 0.3) is 0 Å². The van der Waals surface area contributed by atoms with E-state index in [1.54, 1.807) is 0 Å². The van der Waals surface area contributed by atoms with Crippen molar-refractivity contribution in [1.82, 2.24) is 14.8 Å². The zero-order valence-corrected chi connectivity index (χ0v) is 13.0. The van der Waals surface area contributed by atoms with Crippen LogP contribution in [0.4, 0.5) is 0 Å². The first-order valence-electron chi connectivity index (χ1n) is 7.75. The number of nitrogens with zero attached hydrogens (tertiary/aromatic N) is 3. The molecule has 1 heterocycles. The topological polar surface area (TPSA) is 68.0 Å². The van der Waals surface area contributed by atoms with Crippen molar-refractivity contribution in [2.45, 2.75) is 45.1 Å².